The molecule has 1 aromatic rings. The van der Waals surface area contributed by atoms with Crippen molar-refractivity contribution in [2.24, 2.45) is 11.7 Å². The zero-order valence-electron chi connectivity index (χ0n) is 13.6. The van der Waals surface area contributed by atoms with Gasteiger partial charge in [-0.1, -0.05) is 19.9 Å². The van der Waals surface area contributed by atoms with Crippen molar-refractivity contribution in [3.05, 3.63) is 23.8 Å². The van der Waals surface area contributed by atoms with Gasteiger partial charge in [-0.3, -0.25) is 4.79 Å². The molecule has 0 saturated heterocycles. The van der Waals surface area contributed by atoms with Gasteiger partial charge in [-0.2, -0.15) is 0 Å². The Labute approximate surface area is 127 Å². The van der Waals surface area contributed by atoms with E-state index in [9.17, 15) is 4.79 Å². The number of benzene rings is 1. The maximum Gasteiger partial charge on any atom is 0.224 e. The Morgan fingerprint density at radius 3 is 2.38 bits per heavy atom. The summed E-state index contributed by atoms with van der Waals surface area (Å²) in [5.74, 6) is 1.68. The third-order valence-electron chi connectivity index (χ3n) is 3.56. The number of hydrogen-bond donors (Lipinski definition) is 1. The van der Waals surface area contributed by atoms with E-state index < -0.39 is 0 Å². The molecule has 0 bridgehead atoms. The van der Waals surface area contributed by atoms with Crippen LogP contribution in [-0.2, 0) is 11.3 Å². The molecule has 118 valence electrons. The van der Waals surface area contributed by atoms with Crippen LogP contribution >= 0.6 is 0 Å². The van der Waals surface area contributed by atoms with Crippen molar-refractivity contribution in [1.29, 1.82) is 0 Å². The lowest BCUT2D eigenvalue weighted by atomic mass is 10.0. The van der Waals surface area contributed by atoms with Gasteiger partial charge in [-0.05, 0) is 23.6 Å². The number of ether oxygens (including phenoxy) is 2. The number of rotatable bonds is 7. The fraction of sp³-hybridized carbons (Fsp3) is 0.562. The molecule has 0 aromatic heterocycles. The highest BCUT2D eigenvalue weighted by atomic mass is 16.5. The first-order chi connectivity index (χ1) is 9.88. The number of nitrogens with zero attached hydrogens (tertiary/aromatic N) is 1. The molecule has 21 heavy (non-hydrogen) atoms. The highest BCUT2D eigenvalue weighted by molar-refractivity contribution is 5.76. The zero-order chi connectivity index (χ0) is 16.0. The minimum atomic E-state index is -0.106. The van der Waals surface area contributed by atoms with Crippen LogP contribution in [0.25, 0.3) is 0 Å². The molecule has 1 unspecified atom stereocenters. The van der Waals surface area contributed by atoms with Crippen LogP contribution in [0.4, 0.5) is 0 Å². The number of hydrogen-bond acceptors (Lipinski definition) is 4. The summed E-state index contributed by atoms with van der Waals surface area (Å²) in [6, 6.07) is 5.54. The molecule has 5 heteroatoms. The quantitative estimate of drug-likeness (QED) is 0.836. The summed E-state index contributed by atoms with van der Waals surface area (Å²) in [5.41, 5.74) is 6.94. The number of methoxy groups -OCH3 is 2. The summed E-state index contributed by atoms with van der Waals surface area (Å²) < 4.78 is 10.5. The van der Waals surface area contributed by atoms with Crippen LogP contribution < -0.4 is 15.2 Å². The zero-order valence-corrected chi connectivity index (χ0v) is 13.6. The molecular formula is C16H26N2O3. The minimum Gasteiger partial charge on any atom is -0.493 e. The SMILES string of the molecule is COc1ccc(CN(C)C(=O)CC(N)C(C)C)cc1OC. The highest BCUT2D eigenvalue weighted by Gasteiger charge is 2.17. The number of carbonyl (C=O) groups excluding carboxylic acids is 1. The molecule has 0 aliphatic carbocycles. The van der Waals surface area contributed by atoms with Gasteiger partial charge < -0.3 is 20.1 Å². The molecule has 0 spiro atoms. The number of amides is 1. The summed E-state index contributed by atoms with van der Waals surface area (Å²) in [4.78, 5) is 13.8. The second-order valence-electron chi connectivity index (χ2n) is 5.55. The lowest BCUT2D eigenvalue weighted by molar-refractivity contribution is -0.131. The molecule has 2 N–H and O–H groups in total. The van der Waals surface area contributed by atoms with Crippen LogP contribution in [0.2, 0.25) is 0 Å². The van der Waals surface area contributed by atoms with Crippen LogP contribution in [0.15, 0.2) is 18.2 Å². The minimum absolute atomic E-state index is 0.0472. The Balaban J connectivity index is 2.70. The van der Waals surface area contributed by atoms with E-state index in [0.717, 1.165) is 5.56 Å². The molecule has 0 radical (unpaired) electrons. The third kappa shape index (κ3) is 4.93. The largest absolute Gasteiger partial charge is 0.493 e. The average molecular weight is 294 g/mol. The lowest BCUT2D eigenvalue weighted by Gasteiger charge is -2.21. The van der Waals surface area contributed by atoms with Crippen molar-refractivity contribution in [1.82, 2.24) is 4.90 Å². The van der Waals surface area contributed by atoms with Crippen LogP contribution in [0.5, 0.6) is 11.5 Å². The van der Waals surface area contributed by atoms with Gasteiger partial charge in [-0.25, -0.2) is 0 Å². The van der Waals surface area contributed by atoms with E-state index in [0.29, 0.717) is 30.4 Å². The van der Waals surface area contributed by atoms with E-state index in [1.807, 2.05) is 32.0 Å². The van der Waals surface area contributed by atoms with Gasteiger partial charge in [0.05, 0.1) is 14.2 Å². The molecule has 1 amide bonds. The molecule has 0 saturated carbocycles. The maximum atomic E-state index is 12.1. The molecule has 1 rings (SSSR count). The Kier molecular flexibility index (Phi) is 6.49. The smallest absolute Gasteiger partial charge is 0.224 e. The van der Waals surface area contributed by atoms with Gasteiger partial charge in [-0.15, -0.1) is 0 Å². The van der Waals surface area contributed by atoms with E-state index in [-0.39, 0.29) is 11.9 Å². The molecule has 0 aliphatic heterocycles. The molecule has 0 aliphatic rings. The Hall–Kier alpha value is -1.75. The van der Waals surface area contributed by atoms with Crippen molar-refractivity contribution in [3.63, 3.8) is 0 Å². The Bertz CT molecular complexity index is 475. The van der Waals surface area contributed by atoms with Crippen molar-refractivity contribution in [2.45, 2.75) is 32.9 Å². The normalized spacial score (nSPS) is 12.1. The van der Waals surface area contributed by atoms with E-state index in [2.05, 4.69) is 0 Å². The van der Waals surface area contributed by atoms with E-state index >= 15 is 0 Å². The molecule has 0 fully saturated rings. The average Bonchev–Trinajstić information content (AvgIpc) is 2.46. The van der Waals surface area contributed by atoms with Gasteiger partial charge in [0.2, 0.25) is 5.91 Å². The van der Waals surface area contributed by atoms with Crippen molar-refractivity contribution in [2.75, 3.05) is 21.3 Å². The summed E-state index contributed by atoms with van der Waals surface area (Å²) in [7, 11) is 4.98. The number of carbonyl (C=O) groups is 1. The van der Waals surface area contributed by atoms with Crippen LogP contribution in [-0.4, -0.2) is 38.1 Å². The topological polar surface area (TPSA) is 64.8 Å². The first-order valence-electron chi connectivity index (χ1n) is 7.09. The van der Waals surface area contributed by atoms with Crippen molar-refractivity contribution >= 4 is 5.91 Å². The van der Waals surface area contributed by atoms with E-state index in [1.165, 1.54) is 0 Å². The maximum absolute atomic E-state index is 12.1. The summed E-state index contributed by atoms with van der Waals surface area (Å²) in [5, 5.41) is 0. The standard InChI is InChI=1S/C16H26N2O3/c1-11(2)13(17)9-16(19)18(3)10-12-6-7-14(20-4)15(8-12)21-5/h6-8,11,13H,9-10,17H2,1-5H3. The fourth-order valence-corrected chi connectivity index (χ4v) is 1.93. The van der Waals surface area contributed by atoms with Gasteiger partial charge in [0.25, 0.3) is 0 Å². The second-order valence-corrected chi connectivity index (χ2v) is 5.55. The van der Waals surface area contributed by atoms with Gasteiger partial charge >= 0.3 is 0 Å². The van der Waals surface area contributed by atoms with E-state index in [4.69, 9.17) is 15.2 Å². The summed E-state index contributed by atoms with van der Waals surface area (Å²) >= 11 is 0. The van der Waals surface area contributed by atoms with Crippen molar-refractivity contribution in [3.8, 4) is 11.5 Å². The van der Waals surface area contributed by atoms with Crippen LogP contribution in [0.1, 0.15) is 25.8 Å². The first kappa shape index (κ1) is 17.3. The molecule has 1 atom stereocenters. The lowest BCUT2D eigenvalue weighted by Crippen LogP contribution is -2.35. The second kappa shape index (κ2) is 7.88. The molecule has 1 aromatic carbocycles. The molecular weight excluding hydrogens is 268 g/mol. The Morgan fingerprint density at radius 2 is 1.86 bits per heavy atom. The highest BCUT2D eigenvalue weighted by Crippen LogP contribution is 2.28. The molecule has 5 nitrogen and oxygen atoms in total. The monoisotopic (exact) mass is 294 g/mol. The number of nitrogens with two attached hydrogens (primary N) is 1. The summed E-state index contributed by atoms with van der Waals surface area (Å²) in [6.45, 7) is 4.56. The van der Waals surface area contributed by atoms with Gasteiger partial charge in [0.1, 0.15) is 0 Å². The first-order valence-corrected chi connectivity index (χ1v) is 7.09. The molecule has 0 heterocycles. The van der Waals surface area contributed by atoms with Gasteiger partial charge in [0.15, 0.2) is 11.5 Å². The predicted molar refractivity (Wildman–Crippen MR) is 83.5 cm³/mol. The third-order valence-corrected chi connectivity index (χ3v) is 3.56. The van der Waals surface area contributed by atoms with Gasteiger partial charge in [0, 0.05) is 26.1 Å². The van der Waals surface area contributed by atoms with Crippen LogP contribution in [0.3, 0.4) is 0 Å². The fourth-order valence-electron chi connectivity index (χ4n) is 1.93. The predicted octanol–water partition coefficient (Wildman–Crippen LogP) is 2.04. The van der Waals surface area contributed by atoms with Crippen molar-refractivity contribution < 1.29 is 14.3 Å². The summed E-state index contributed by atoms with van der Waals surface area (Å²) in [6.07, 6.45) is 0.363. The van der Waals surface area contributed by atoms with Crippen LogP contribution in [0, 0.1) is 5.92 Å². The van der Waals surface area contributed by atoms with E-state index in [1.54, 1.807) is 26.2 Å². The Morgan fingerprint density at radius 1 is 1.24 bits per heavy atom.